The maximum Gasteiger partial charge on any atom is 0.319 e. The molecule has 1 heterocycles. The molecule has 1 aromatic rings. The van der Waals surface area contributed by atoms with Crippen LogP contribution in [0, 0.1) is 11.8 Å². The molecule has 2 atom stereocenters. The fourth-order valence-electron chi connectivity index (χ4n) is 3.23. The quantitative estimate of drug-likeness (QED) is 0.570. The Balaban J connectivity index is 0.00000364. The van der Waals surface area contributed by atoms with Crippen molar-refractivity contribution < 1.29 is 9.59 Å². The van der Waals surface area contributed by atoms with Crippen molar-refractivity contribution in [2.75, 3.05) is 18.4 Å². The van der Waals surface area contributed by atoms with Gasteiger partial charge in [0, 0.05) is 24.7 Å². The van der Waals surface area contributed by atoms with Crippen LogP contribution < -0.4 is 21.3 Å². The van der Waals surface area contributed by atoms with E-state index >= 15 is 0 Å². The maximum atomic E-state index is 12.2. The molecule has 0 bridgehead atoms. The second-order valence-electron chi connectivity index (χ2n) is 7.51. The van der Waals surface area contributed by atoms with E-state index in [9.17, 15) is 9.59 Å². The van der Waals surface area contributed by atoms with Crippen molar-refractivity contribution >= 4 is 30.0 Å². The number of nitrogens with one attached hydrogen (secondary N) is 4. The van der Waals surface area contributed by atoms with Crippen LogP contribution in [-0.4, -0.2) is 31.1 Å². The number of urea groups is 1. The van der Waals surface area contributed by atoms with E-state index in [4.69, 9.17) is 0 Å². The Bertz CT molecular complexity index is 586. The van der Waals surface area contributed by atoms with E-state index in [1.165, 1.54) is 12.8 Å². The van der Waals surface area contributed by atoms with Gasteiger partial charge in [-0.3, -0.25) is 4.79 Å². The zero-order valence-corrected chi connectivity index (χ0v) is 17.3. The molecule has 1 aliphatic heterocycles. The van der Waals surface area contributed by atoms with Crippen molar-refractivity contribution in [2.45, 2.75) is 52.6 Å². The molecule has 0 radical (unpaired) electrons. The lowest BCUT2D eigenvalue weighted by atomic mass is 9.85. The first kappa shape index (κ1) is 23.2. The summed E-state index contributed by atoms with van der Waals surface area (Å²) in [5, 5.41) is 12.0. The highest BCUT2D eigenvalue weighted by Crippen LogP contribution is 2.22. The van der Waals surface area contributed by atoms with Crippen LogP contribution >= 0.6 is 12.4 Å². The molecule has 0 aliphatic carbocycles. The third kappa shape index (κ3) is 8.63. The monoisotopic (exact) mass is 396 g/mol. The van der Waals surface area contributed by atoms with Gasteiger partial charge in [0.2, 0.25) is 5.91 Å². The molecule has 1 aliphatic rings. The molecule has 1 saturated heterocycles. The molecule has 6 nitrogen and oxygen atoms in total. The minimum Gasteiger partial charge on any atom is -0.352 e. The van der Waals surface area contributed by atoms with E-state index in [-0.39, 0.29) is 30.4 Å². The van der Waals surface area contributed by atoms with Crippen molar-refractivity contribution in [3.63, 3.8) is 0 Å². The van der Waals surface area contributed by atoms with Crippen molar-refractivity contribution in [3.8, 4) is 0 Å². The van der Waals surface area contributed by atoms with Gasteiger partial charge in [0.15, 0.2) is 0 Å². The normalized spacial score (nSPS) is 17.6. The zero-order chi connectivity index (χ0) is 18.9. The number of benzene rings is 1. The van der Waals surface area contributed by atoms with Gasteiger partial charge in [0.05, 0.1) is 0 Å². The van der Waals surface area contributed by atoms with Crippen LogP contribution in [0.1, 0.15) is 45.6 Å². The number of halogens is 1. The summed E-state index contributed by atoms with van der Waals surface area (Å²) in [6.45, 7) is 8.62. The lowest BCUT2D eigenvalue weighted by Gasteiger charge is -2.28. The summed E-state index contributed by atoms with van der Waals surface area (Å²) in [5.41, 5.74) is 1.75. The zero-order valence-electron chi connectivity index (χ0n) is 16.5. The Kier molecular flexibility index (Phi) is 10.2. The number of hydrogen-bond donors (Lipinski definition) is 4. The van der Waals surface area contributed by atoms with E-state index in [1.807, 2.05) is 38.1 Å². The number of carbonyl (C=O) groups excluding carboxylic acids is 2. The van der Waals surface area contributed by atoms with Crippen LogP contribution in [0.25, 0.3) is 0 Å². The molecule has 0 spiro atoms. The molecule has 3 amide bonds. The Labute approximate surface area is 168 Å². The minimum absolute atomic E-state index is 0. The number of anilines is 1. The summed E-state index contributed by atoms with van der Waals surface area (Å²) in [7, 11) is 0. The van der Waals surface area contributed by atoms with Crippen molar-refractivity contribution in [3.05, 3.63) is 29.8 Å². The van der Waals surface area contributed by atoms with Gasteiger partial charge in [-0.25, -0.2) is 4.79 Å². The topological polar surface area (TPSA) is 82.3 Å². The predicted octanol–water partition coefficient (Wildman–Crippen LogP) is 3.28. The predicted molar refractivity (Wildman–Crippen MR) is 112 cm³/mol. The average molecular weight is 397 g/mol. The average Bonchev–Trinajstić information content (AvgIpc) is 2.61. The van der Waals surface area contributed by atoms with E-state index in [1.54, 1.807) is 0 Å². The van der Waals surface area contributed by atoms with E-state index in [0.29, 0.717) is 24.8 Å². The van der Waals surface area contributed by atoms with Gasteiger partial charge in [-0.1, -0.05) is 19.1 Å². The van der Waals surface area contributed by atoms with Crippen LogP contribution in [0.5, 0.6) is 0 Å². The van der Waals surface area contributed by atoms with Gasteiger partial charge < -0.3 is 21.3 Å². The molecule has 1 aromatic carbocycles. The maximum absolute atomic E-state index is 12.2. The van der Waals surface area contributed by atoms with Crippen LogP contribution in [0.3, 0.4) is 0 Å². The molecule has 4 N–H and O–H groups in total. The van der Waals surface area contributed by atoms with Gasteiger partial charge >= 0.3 is 6.03 Å². The van der Waals surface area contributed by atoms with Gasteiger partial charge in [0.25, 0.3) is 0 Å². The molecule has 152 valence electrons. The summed E-state index contributed by atoms with van der Waals surface area (Å²) >= 11 is 0. The molecule has 27 heavy (non-hydrogen) atoms. The van der Waals surface area contributed by atoms with Crippen molar-refractivity contribution in [1.82, 2.24) is 16.0 Å². The second-order valence-corrected chi connectivity index (χ2v) is 7.51. The third-order valence-corrected chi connectivity index (χ3v) is 4.77. The molecular weight excluding hydrogens is 364 g/mol. The van der Waals surface area contributed by atoms with Crippen LogP contribution in [0.2, 0.25) is 0 Å². The number of rotatable bonds is 7. The molecule has 0 aromatic heterocycles. The van der Waals surface area contributed by atoms with Crippen molar-refractivity contribution in [1.29, 1.82) is 0 Å². The van der Waals surface area contributed by atoms with Gasteiger partial charge in [-0.15, -0.1) is 12.4 Å². The highest BCUT2D eigenvalue weighted by Gasteiger charge is 2.21. The van der Waals surface area contributed by atoms with E-state index in [0.717, 1.165) is 24.3 Å². The fraction of sp³-hybridized carbons (Fsp3) is 0.600. The van der Waals surface area contributed by atoms with Gasteiger partial charge in [-0.2, -0.15) is 0 Å². The first-order chi connectivity index (χ1) is 12.4. The molecule has 7 heteroatoms. The Morgan fingerprint density at radius 3 is 2.48 bits per heavy atom. The number of hydrogen-bond acceptors (Lipinski definition) is 3. The molecule has 2 rings (SSSR count). The highest BCUT2D eigenvalue weighted by atomic mass is 35.5. The summed E-state index contributed by atoms with van der Waals surface area (Å²) < 4.78 is 0. The lowest BCUT2D eigenvalue weighted by molar-refractivity contribution is -0.122. The molecule has 2 unspecified atom stereocenters. The summed E-state index contributed by atoms with van der Waals surface area (Å²) in [5.74, 6) is 1.09. The smallest absolute Gasteiger partial charge is 0.319 e. The fourth-order valence-corrected chi connectivity index (χ4v) is 3.23. The summed E-state index contributed by atoms with van der Waals surface area (Å²) in [6.07, 6.45) is 2.98. The summed E-state index contributed by atoms with van der Waals surface area (Å²) in [6, 6.07) is 7.40. The third-order valence-electron chi connectivity index (χ3n) is 4.77. The standard InChI is InChI=1S/C20H32N4O2.ClH/c1-14(2)23-20(26)24-18-8-6-16(7-9-18)12-22-19(25)11-15(3)17-5-4-10-21-13-17;/h6-9,14-15,17,21H,4-5,10-13H2,1-3H3,(H,22,25)(H2,23,24,26);1H. The first-order valence-electron chi connectivity index (χ1n) is 9.58. The van der Waals surface area contributed by atoms with E-state index < -0.39 is 0 Å². The Morgan fingerprint density at radius 2 is 1.89 bits per heavy atom. The number of piperidine rings is 1. The minimum atomic E-state index is -0.216. The van der Waals surface area contributed by atoms with Crippen LogP contribution in [0.4, 0.5) is 10.5 Å². The van der Waals surface area contributed by atoms with Crippen LogP contribution in [-0.2, 0) is 11.3 Å². The molecule has 0 saturated carbocycles. The molecule has 1 fully saturated rings. The van der Waals surface area contributed by atoms with Gasteiger partial charge in [-0.05, 0) is 69.3 Å². The first-order valence-corrected chi connectivity index (χ1v) is 9.58. The highest BCUT2D eigenvalue weighted by molar-refractivity contribution is 5.89. The summed E-state index contributed by atoms with van der Waals surface area (Å²) in [4.78, 5) is 23.9. The molecular formula is C20H33ClN4O2. The van der Waals surface area contributed by atoms with Gasteiger partial charge in [0.1, 0.15) is 0 Å². The van der Waals surface area contributed by atoms with E-state index in [2.05, 4.69) is 28.2 Å². The van der Waals surface area contributed by atoms with Crippen LogP contribution in [0.15, 0.2) is 24.3 Å². The largest absolute Gasteiger partial charge is 0.352 e. The Hall–Kier alpha value is -1.79. The van der Waals surface area contributed by atoms with Crippen molar-refractivity contribution in [2.24, 2.45) is 11.8 Å². The SMILES string of the molecule is CC(C)NC(=O)Nc1ccc(CNC(=O)CC(C)C2CCCNC2)cc1.Cl. The lowest BCUT2D eigenvalue weighted by Crippen LogP contribution is -2.35. The Morgan fingerprint density at radius 1 is 1.19 bits per heavy atom. The number of carbonyl (C=O) groups is 2. The number of amides is 3. The second kappa shape index (κ2) is 11.8.